The summed E-state index contributed by atoms with van der Waals surface area (Å²) in [6, 6.07) is 15.5. The summed E-state index contributed by atoms with van der Waals surface area (Å²) in [6.07, 6.45) is 1.69. The van der Waals surface area contributed by atoms with Crippen molar-refractivity contribution in [1.82, 2.24) is 4.57 Å². The van der Waals surface area contributed by atoms with Crippen molar-refractivity contribution < 1.29 is 28.1 Å². The van der Waals surface area contributed by atoms with Gasteiger partial charge in [0.15, 0.2) is 16.3 Å². The van der Waals surface area contributed by atoms with E-state index in [1.54, 1.807) is 68.5 Å². The summed E-state index contributed by atoms with van der Waals surface area (Å²) < 4.78 is 37.5. The second-order valence-corrected chi connectivity index (χ2v) is 11.0. The minimum Gasteiger partial charge on any atom is -0.493 e. The molecule has 0 fully saturated rings. The van der Waals surface area contributed by atoms with Crippen LogP contribution in [-0.2, 0) is 16.1 Å². The second kappa shape index (κ2) is 12.8. The van der Waals surface area contributed by atoms with Gasteiger partial charge < -0.3 is 18.9 Å². The number of halogens is 2. The molecule has 0 radical (unpaired) electrons. The summed E-state index contributed by atoms with van der Waals surface area (Å²) in [5, 5.41) is 0.455. The Balaban J connectivity index is 1.64. The number of allylic oxidation sites excluding steroid dienone is 1. The van der Waals surface area contributed by atoms with E-state index < -0.39 is 12.0 Å². The van der Waals surface area contributed by atoms with E-state index in [-0.39, 0.29) is 30.2 Å². The average molecular weight is 623 g/mol. The number of ether oxygens (including phenoxy) is 4. The summed E-state index contributed by atoms with van der Waals surface area (Å²) in [4.78, 5) is 32.3. The van der Waals surface area contributed by atoms with Crippen molar-refractivity contribution in [3.63, 3.8) is 0 Å². The molecule has 1 atom stereocenters. The molecular formula is C32H28ClFN2O6S. The van der Waals surface area contributed by atoms with E-state index in [0.29, 0.717) is 48.4 Å². The van der Waals surface area contributed by atoms with Crippen molar-refractivity contribution in [1.29, 1.82) is 0 Å². The molecule has 0 saturated heterocycles. The smallest absolute Gasteiger partial charge is 0.338 e. The van der Waals surface area contributed by atoms with Gasteiger partial charge in [0.2, 0.25) is 0 Å². The molecule has 0 bridgehead atoms. The predicted octanol–water partition coefficient (Wildman–Crippen LogP) is 5.19. The van der Waals surface area contributed by atoms with Gasteiger partial charge >= 0.3 is 5.97 Å². The van der Waals surface area contributed by atoms with Crippen LogP contribution >= 0.6 is 22.9 Å². The average Bonchev–Trinajstić information content (AvgIpc) is 3.30. The zero-order chi connectivity index (χ0) is 30.7. The standard InChI is InChI=1S/C32H28ClFN2O6S/c1-5-41-31(38)28-18(2)35-32-36(29(28)20-8-12-25(39-3)26(15-20)40-4)30(37)27(43-32)16-21-14-22(33)9-13-24(21)42-17-19-6-10-23(34)11-7-19/h6-16,29H,5,17H2,1-4H3/b27-16-/t29-/m0/s1. The number of thiazole rings is 1. The summed E-state index contributed by atoms with van der Waals surface area (Å²) in [6.45, 7) is 3.78. The van der Waals surface area contributed by atoms with Crippen molar-refractivity contribution >= 4 is 35.0 Å². The molecule has 8 nitrogen and oxygen atoms in total. The Kier molecular flexibility index (Phi) is 8.98. The third kappa shape index (κ3) is 6.21. The van der Waals surface area contributed by atoms with Crippen LogP contribution < -0.4 is 29.1 Å². The van der Waals surface area contributed by atoms with Gasteiger partial charge in [-0.2, -0.15) is 0 Å². The molecule has 222 valence electrons. The van der Waals surface area contributed by atoms with Crippen LogP contribution in [0.1, 0.15) is 36.6 Å². The Hall–Kier alpha value is -4.41. The summed E-state index contributed by atoms with van der Waals surface area (Å²) in [7, 11) is 3.04. The number of esters is 1. The van der Waals surface area contributed by atoms with Crippen LogP contribution in [0.5, 0.6) is 17.2 Å². The molecule has 0 N–H and O–H groups in total. The van der Waals surface area contributed by atoms with Gasteiger partial charge in [-0.15, -0.1) is 0 Å². The minimum absolute atomic E-state index is 0.161. The first-order valence-electron chi connectivity index (χ1n) is 13.3. The maximum absolute atomic E-state index is 14.1. The third-order valence-electron chi connectivity index (χ3n) is 6.81. The van der Waals surface area contributed by atoms with Crippen LogP contribution in [-0.4, -0.2) is 31.4 Å². The number of fused-ring (bicyclic) bond motifs is 1. The van der Waals surface area contributed by atoms with Crippen LogP contribution in [0.3, 0.4) is 0 Å². The molecule has 0 amide bonds. The molecular weight excluding hydrogens is 595 g/mol. The van der Waals surface area contributed by atoms with Crippen LogP contribution in [0.15, 0.2) is 81.7 Å². The first kappa shape index (κ1) is 30.1. The topological polar surface area (TPSA) is 88.4 Å². The maximum atomic E-state index is 14.1. The van der Waals surface area contributed by atoms with Gasteiger partial charge in [-0.25, -0.2) is 14.2 Å². The molecule has 1 aromatic heterocycles. The van der Waals surface area contributed by atoms with Crippen molar-refractivity contribution in [3.05, 3.63) is 119 Å². The van der Waals surface area contributed by atoms with E-state index in [9.17, 15) is 14.0 Å². The largest absolute Gasteiger partial charge is 0.493 e. The van der Waals surface area contributed by atoms with E-state index in [4.69, 9.17) is 30.5 Å². The highest BCUT2D eigenvalue weighted by Gasteiger charge is 2.34. The highest BCUT2D eigenvalue weighted by molar-refractivity contribution is 7.07. The predicted molar refractivity (Wildman–Crippen MR) is 162 cm³/mol. The SMILES string of the molecule is CCOC(=O)C1=C(C)N=c2s/c(=C\c3cc(Cl)ccc3OCc3ccc(F)cc3)c(=O)n2[C@H]1c1ccc(OC)c(OC)c1. The molecule has 2 heterocycles. The van der Waals surface area contributed by atoms with Crippen molar-refractivity contribution in [2.24, 2.45) is 4.99 Å². The van der Waals surface area contributed by atoms with Crippen LogP contribution in [0, 0.1) is 5.82 Å². The molecule has 0 saturated carbocycles. The van der Waals surface area contributed by atoms with Crippen molar-refractivity contribution in [2.75, 3.05) is 20.8 Å². The quantitative estimate of drug-likeness (QED) is 0.239. The summed E-state index contributed by atoms with van der Waals surface area (Å²) >= 11 is 7.50. The third-order valence-corrected chi connectivity index (χ3v) is 8.02. The van der Waals surface area contributed by atoms with E-state index in [0.717, 1.165) is 5.56 Å². The zero-order valence-corrected chi connectivity index (χ0v) is 25.4. The number of methoxy groups -OCH3 is 2. The Morgan fingerprint density at radius 3 is 2.47 bits per heavy atom. The first-order valence-corrected chi connectivity index (χ1v) is 14.5. The fourth-order valence-corrected chi connectivity index (χ4v) is 5.99. The molecule has 0 spiro atoms. The molecule has 5 rings (SSSR count). The lowest BCUT2D eigenvalue weighted by Crippen LogP contribution is -2.40. The Morgan fingerprint density at radius 2 is 1.77 bits per heavy atom. The van der Waals surface area contributed by atoms with Gasteiger partial charge in [-0.1, -0.05) is 41.1 Å². The molecule has 0 unspecified atom stereocenters. The van der Waals surface area contributed by atoms with Gasteiger partial charge in [-0.3, -0.25) is 9.36 Å². The highest BCUT2D eigenvalue weighted by atomic mass is 35.5. The minimum atomic E-state index is -0.828. The highest BCUT2D eigenvalue weighted by Crippen LogP contribution is 2.36. The lowest BCUT2D eigenvalue weighted by Gasteiger charge is -2.25. The van der Waals surface area contributed by atoms with Crippen LogP contribution in [0.25, 0.3) is 6.08 Å². The molecule has 4 aromatic rings. The first-order chi connectivity index (χ1) is 20.7. The van der Waals surface area contributed by atoms with Crippen molar-refractivity contribution in [2.45, 2.75) is 26.5 Å². The van der Waals surface area contributed by atoms with E-state index in [1.807, 2.05) is 0 Å². The fourth-order valence-electron chi connectivity index (χ4n) is 4.78. The molecule has 3 aromatic carbocycles. The number of hydrogen-bond donors (Lipinski definition) is 0. The van der Waals surface area contributed by atoms with Gasteiger partial charge in [0.05, 0.1) is 42.7 Å². The molecule has 0 aliphatic carbocycles. The zero-order valence-electron chi connectivity index (χ0n) is 23.9. The number of carbonyl (C=O) groups excluding carboxylic acids is 1. The number of nitrogens with zero attached hydrogens (tertiary/aromatic N) is 2. The summed E-state index contributed by atoms with van der Waals surface area (Å²) in [5.41, 5.74) is 2.30. The molecule has 1 aliphatic heterocycles. The van der Waals surface area contributed by atoms with E-state index in [2.05, 4.69) is 4.99 Å². The normalized spacial score (nSPS) is 14.7. The molecule has 43 heavy (non-hydrogen) atoms. The number of aromatic nitrogens is 1. The monoisotopic (exact) mass is 622 g/mol. The molecule has 1 aliphatic rings. The number of carbonyl (C=O) groups is 1. The lowest BCUT2D eigenvalue weighted by atomic mass is 9.95. The Bertz CT molecular complexity index is 1900. The number of rotatable bonds is 9. The second-order valence-electron chi connectivity index (χ2n) is 9.51. The fraction of sp³-hybridized carbons (Fsp3) is 0.219. The lowest BCUT2D eigenvalue weighted by molar-refractivity contribution is -0.139. The van der Waals surface area contributed by atoms with Crippen molar-refractivity contribution in [3.8, 4) is 17.2 Å². The van der Waals surface area contributed by atoms with Crippen LogP contribution in [0.2, 0.25) is 5.02 Å². The Morgan fingerprint density at radius 1 is 1.05 bits per heavy atom. The molecule has 11 heteroatoms. The van der Waals surface area contributed by atoms with Gasteiger partial charge in [-0.05, 0) is 73.5 Å². The van der Waals surface area contributed by atoms with Gasteiger partial charge in [0.25, 0.3) is 5.56 Å². The number of benzene rings is 3. The van der Waals surface area contributed by atoms with Gasteiger partial charge in [0, 0.05) is 10.6 Å². The maximum Gasteiger partial charge on any atom is 0.338 e. The van der Waals surface area contributed by atoms with E-state index >= 15 is 0 Å². The summed E-state index contributed by atoms with van der Waals surface area (Å²) in [5.74, 6) is 0.538. The van der Waals surface area contributed by atoms with Gasteiger partial charge in [0.1, 0.15) is 18.2 Å². The number of hydrogen-bond acceptors (Lipinski definition) is 8. The van der Waals surface area contributed by atoms with E-state index in [1.165, 1.54) is 42.3 Å². The van der Waals surface area contributed by atoms with Crippen LogP contribution in [0.4, 0.5) is 4.39 Å². The Labute approximate surface area is 255 Å².